The van der Waals surface area contributed by atoms with Crippen LogP contribution in [0.1, 0.15) is 9.67 Å². The summed E-state index contributed by atoms with van der Waals surface area (Å²) in [7, 11) is 0. The standard InChI is InChI=1S/C11H8N4OS/c12-15-14-9-6-7-17-10(9)11(16)13-8-4-2-1-3-5-8/h1-7H,(H,13,16). The predicted octanol–water partition coefficient (Wildman–Crippen LogP) is 3.94. The highest BCUT2D eigenvalue weighted by Gasteiger charge is 2.11. The highest BCUT2D eigenvalue weighted by molar-refractivity contribution is 7.12. The van der Waals surface area contributed by atoms with Gasteiger partial charge in [0.1, 0.15) is 4.88 Å². The number of anilines is 1. The molecule has 1 heterocycles. The first-order chi connectivity index (χ1) is 8.31. The zero-order chi connectivity index (χ0) is 12.1. The molecular weight excluding hydrogens is 236 g/mol. The van der Waals surface area contributed by atoms with Gasteiger partial charge in [-0.25, -0.2) is 0 Å². The summed E-state index contributed by atoms with van der Waals surface area (Å²) in [6.45, 7) is 0. The number of amides is 1. The molecule has 0 spiro atoms. The minimum Gasteiger partial charge on any atom is -0.321 e. The second-order valence-electron chi connectivity index (χ2n) is 3.14. The van der Waals surface area contributed by atoms with Crippen LogP contribution in [-0.2, 0) is 0 Å². The highest BCUT2D eigenvalue weighted by Crippen LogP contribution is 2.26. The van der Waals surface area contributed by atoms with Gasteiger partial charge in [0.05, 0.1) is 5.69 Å². The number of carbonyl (C=O) groups is 1. The summed E-state index contributed by atoms with van der Waals surface area (Å²) in [6, 6.07) is 10.7. The van der Waals surface area contributed by atoms with Crippen molar-refractivity contribution >= 4 is 28.6 Å². The number of hydrogen-bond donors (Lipinski definition) is 1. The quantitative estimate of drug-likeness (QED) is 0.495. The van der Waals surface area contributed by atoms with Crippen LogP contribution < -0.4 is 5.32 Å². The van der Waals surface area contributed by atoms with Crippen molar-refractivity contribution in [2.45, 2.75) is 0 Å². The van der Waals surface area contributed by atoms with Crippen LogP contribution in [0.5, 0.6) is 0 Å². The molecule has 5 nitrogen and oxygen atoms in total. The second kappa shape index (κ2) is 5.16. The lowest BCUT2D eigenvalue weighted by Gasteiger charge is -2.03. The van der Waals surface area contributed by atoms with E-state index in [4.69, 9.17) is 5.53 Å². The predicted molar refractivity (Wildman–Crippen MR) is 67.5 cm³/mol. The molecule has 6 heteroatoms. The lowest BCUT2D eigenvalue weighted by Crippen LogP contribution is -2.09. The molecular formula is C11H8N4OS. The fourth-order valence-corrected chi connectivity index (χ4v) is 2.03. The van der Waals surface area contributed by atoms with Crippen molar-refractivity contribution in [2.75, 3.05) is 5.32 Å². The molecule has 0 bridgehead atoms. The normalized spacial score (nSPS) is 9.41. The molecule has 0 aliphatic carbocycles. The molecule has 1 aromatic heterocycles. The fourth-order valence-electron chi connectivity index (χ4n) is 1.31. The monoisotopic (exact) mass is 244 g/mol. The van der Waals surface area contributed by atoms with E-state index in [0.717, 1.165) is 0 Å². The molecule has 0 aliphatic rings. The Morgan fingerprint density at radius 2 is 2.06 bits per heavy atom. The summed E-state index contributed by atoms with van der Waals surface area (Å²) < 4.78 is 0. The maximum Gasteiger partial charge on any atom is 0.266 e. The number of azide groups is 1. The summed E-state index contributed by atoms with van der Waals surface area (Å²) in [5, 5.41) is 7.90. The van der Waals surface area contributed by atoms with E-state index in [1.165, 1.54) is 11.3 Å². The molecule has 0 saturated heterocycles. The van der Waals surface area contributed by atoms with Gasteiger partial charge in [0.2, 0.25) is 0 Å². The molecule has 1 amide bonds. The molecule has 17 heavy (non-hydrogen) atoms. The van der Waals surface area contributed by atoms with Gasteiger partial charge in [-0.3, -0.25) is 4.79 Å². The Kier molecular flexibility index (Phi) is 3.40. The van der Waals surface area contributed by atoms with Crippen molar-refractivity contribution < 1.29 is 4.79 Å². The average molecular weight is 244 g/mol. The minimum atomic E-state index is -0.270. The van der Waals surface area contributed by atoms with Crippen LogP contribution in [0.3, 0.4) is 0 Å². The van der Waals surface area contributed by atoms with Gasteiger partial charge in [-0.05, 0) is 29.1 Å². The Bertz CT molecular complexity index is 572. The van der Waals surface area contributed by atoms with Crippen LogP contribution in [-0.4, -0.2) is 5.91 Å². The van der Waals surface area contributed by atoms with Gasteiger partial charge in [-0.1, -0.05) is 23.3 Å². The van der Waals surface area contributed by atoms with Crippen molar-refractivity contribution in [1.29, 1.82) is 0 Å². The van der Waals surface area contributed by atoms with E-state index in [-0.39, 0.29) is 5.91 Å². The van der Waals surface area contributed by atoms with Gasteiger partial charge in [-0.2, -0.15) is 0 Å². The topological polar surface area (TPSA) is 77.9 Å². The number of benzene rings is 1. The highest BCUT2D eigenvalue weighted by atomic mass is 32.1. The zero-order valence-electron chi connectivity index (χ0n) is 8.70. The number of nitrogens with one attached hydrogen (secondary N) is 1. The van der Waals surface area contributed by atoms with Crippen molar-refractivity contribution in [3.8, 4) is 0 Å². The van der Waals surface area contributed by atoms with Crippen LogP contribution in [0, 0.1) is 0 Å². The molecule has 84 valence electrons. The largest absolute Gasteiger partial charge is 0.321 e. The molecule has 0 saturated carbocycles. The summed E-state index contributed by atoms with van der Waals surface area (Å²) >= 11 is 1.24. The molecule has 2 rings (SSSR count). The van der Waals surface area contributed by atoms with Gasteiger partial charge in [-0.15, -0.1) is 11.3 Å². The van der Waals surface area contributed by atoms with Crippen LogP contribution in [0.4, 0.5) is 11.4 Å². The Morgan fingerprint density at radius 3 is 2.76 bits per heavy atom. The lowest BCUT2D eigenvalue weighted by atomic mass is 10.3. The van der Waals surface area contributed by atoms with Gasteiger partial charge < -0.3 is 5.32 Å². The molecule has 0 unspecified atom stereocenters. The number of hydrogen-bond acceptors (Lipinski definition) is 3. The van der Waals surface area contributed by atoms with Gasteiger partial charge in [0.25, 0.3) is 5.91 Å². The molecule has 0 aliphatic heterocycles. The van der Waals surface area contributed by atoms with E-state index in [2.05, 4.69) is 15.3 Å². The van der Waals surface area contributed by atoms with Crippen molar-refractivity contribution in [1.82, 2.24) is 0 Å². The van der Waals surface area contributed by atoms with E-state index in [9.17, 15) is 4.79 Å². The number of carbonyl (C=O) groups excluding carboxylic acids is 1. The first kappa shape index (κ1) is 11.2. The molecule has 2 aromatic rings. The van der Waals surface area contributed by atoms with E-state index < -0.39 is 0 Å². The second-order valence-corrected chi connectivity index (χ2v) is 4.06. The number of nitrogens with zero attached hydrogens (tertiary/aromatic N) is 3. The Labute approximate surface area is 101 Å². The average Bonchev–Trinajstić information content (AvgIpc) is 2.79. The van der Waals surface area contributed by atoms with Crippen LogP contribution >= 0.6 is 11.3 Å². The first-order valence-electron chi connectivity index (χ1n) is 4.80. The SMILES string of the molecule is [N-]=[N+]=Nc1ccsc1C(=O)Nc1ccccc1. The number of thiophene rings is 1. The van der Waals surface area contributed by atoms with Gasteiger partial charge in [0, 0.05) is 10.6 Å². The smallest absolute Gasteiger partial charge is 0.266 e. The van der Waals surface area contributed by atoms with E-state index in [1.807, 2.05) is 18.2 Å². The number of rotatable bonds is 3. The van der Waals surface area contributed by atoms with Crippen molar-refractivity contribution in [3.05, 3.63) is 57.1 Å². The summed E-state index contributed by atoms with van der Waals surface area (Å²) in [5.74, 6) is -0.270. The van der Waals surface area contributed by atoms with Crippen LogP contribution in [0.2, 0.25) is 0 Å². The molecule has 1 N–H and O–H groups in total. The van der Waals surface area contributed by atoms with Crippen LogP contribution in [0.25, 0.3) is 10.4 Å². The van der Waals surface area contributed by atoms with Crippen LogP contribution in [0.15, 0.2) is 46.9 Å². The van der Waals surface area contributed by atoms with E-state index in [0.29, 0.717) is 16.3 Å². The minimum absolute atomic E-state index is 0.270. The Morgan fingerprint density at radius 1 is 1.29 bits per heavy atom. The molecule has 1 aromatic carbocycles. The lowest BCUT2D eigenvalue weighted by molar-refractivity contribution is 0.103. The Hall–Kier alpha value is -2.30. The number of para-hydroxylation sites is 1. The maximum atomic E-state index is 11.9. The summed E-state index contributed by atoms with van der Waals surface area (Å²) in [6.07, 6.45) is 0. The summed E-state index contributed by atoms with van der Waals surface area (Å²) in [5.41, 5.74) is 9.42. The van der Waals surface area contributed by atoms with Gasteiger partial charge in [0.15, 0.2) is 0 Å². The van der Waals surface area contributed by atoms with E-state index in [1.54, 1.807) is 23.6 Å². The van der Waals surface area contributed by atoms with Crippen molar-refractivity contribution in [3.63, 3.8) is 0 Å². The third kappa shape index (κ3) is 2.63. The molecule has 0 fully saturated rings. The third-order valence-corrected chi connectivity index (χ3v) is 2.94. The first-order valence-corrected chi connectivity index (χ1v) is 5.68. The maximum absolute atomic E-state index is 11.9. The fraction of sp³-hybridized carbons (Fsp3) is 0. The third-order valence-electron chi connectivity index (χ3n) is 2.03. The summed E-state index contributed by atoms with van der Waals surface area (Å²) in [4.78, 5) is 15.0. The molecule has 0 atom stereocenters. The molecule has 0 radical (unpaired) electrons. The zero-order valence-corrected chi connectivity index (χ0v) is 9.52. The Balaban J connectivity index is 2.20. The van der Waals surface area contributed by atoms with Crippen molar-refractivity contribution in [2.24, 2.45) is 5.11 Å². The van der Waals surface area contributed by atoms with E-state index >= 15 is 0 Å². The van der Waals surface area contributed by atoms with Gasteiger partial charge >= 0.3 is 0 Å².